The third-order valence-corrected chi connectivity index (χ3v) is 2.78. The first kappa shape index (κ1) is 10.4. The van der Waals surface area contributed by atoms with E-state index in [9.17, 15) is 0 Å². The number of aromatic nitrogens is 2. The number of ether oxygens (including phenoxy) is 1. The van der Waals surface area contributed by atoms with E-state index >= 15 is 0 Å². The molecule has 2 rings (SSSR count). The number of aliphatic hydroxyl groups excluding tert-OH is 1. The van der Waals surface area contributed by atoms with Gasteiger partial charge in [-0.25, -0.2) is 4.68 Å². The summed E-state index contributed by atoms with van der Waals surface area (Å²) in [5, 5.41) is 13.2. The summed E-state index contributed by atoms with van der Waals surface area (Å²) in [6.45, 7) is 2.14. The Labute approximate surface area is 88.8 Å². The molecular weight excluding hydrogens is 194 g/mol. The Bertz CT molecular complexity index is 318. The second-order valence-electron chi connectivity index (χ2n) is 3.83. The van der Waals surface area contributed by atoms with Gasteiger partial charge in [0.05, 0.1) is 18.8 Å². The smallest absolute Gasteiger partial charge is 0.122 e. The quantitative estimate of drug-likeness (QED) is 0.756. The maximum atomic E-state index is 8.83. The molecule has 0 saturated carbocycles. The highest BCUT2D eigenvalue weighted by atomic mass is 16.5. The van der Waals surface area contributed by atoms with Crippen LogP contribution in [0, 0.1) is 0 Å². The Balaban J connectivity index is 2.10. The van der Waals surface area contributed by atoms with Crippen LogP contribution in [-0.4, -0.2) is 34.7 Å². The zero-order chi connectivity index (χ0) is 10.7. The van der Waals surface area contributed by atoms with E-state index < -0.39 is 0 Å². The van der Waals surface area contributed by atoms with Gasteiger partial charge in [-0.2, -0.15) is 5.10 Å². The minimum Gasteiger partial charge on any atom is -0.394 e. The number of aliphatic hydroxyl groups is 1. The van der Waals surface area contributed by atoms with E-state index in [1.165, 1.54) is 0 Å². The van der Waals surface area contributed by atoms with Crippen LogP contribution in [0.1, 0.15) is 24.5 Å². The summed E-state index contributed by atoms with van der Waals surface area (Å²) in [7, 11) is 0. The van der Waals surface area contributed by atoms with Gasteiger partial charge in [0, 0.05) is 25.2 Å². The predicted octanol–water partition coefficient (Wildman–Crippen LogP) is 0.352. The van der Waals surface area contributed by atoms with E-state index in [0.29, 0.717) is 18.3 Å². The number of rotatable bonds is 3. The highest BCUT2D eigenvalue weighted by Gasteiger charge is 2.19. The van der Waals surface area contributed by atoms with Crippen molar-refractivity contribution in [2.24, 2.45) is 0 Å². The molecule has 0 radical (unpaired) electrons. The number of nitrogens with zero attached hydrogens (tertiary/aromatic N) is 2. The summed E-state index contributed by atoms with van der Waals surface area (Å²) in [4.78, 5) is 0. The molecule has 15 heavy (non-hydrogen) atoms. The topological polar surface area (TPSA) is 73.3 Å². The zero-order valence-corrected chi connectivity index (χ0v) is 8.72. The van der Waals surface area contributed by atoms with Gasteiger partial charge in [-0.3, -0.25) is 0 Å². The van der Waals surface area contributed by atoms with Crippen molar-refractivity contribution in [3.8, 4) is 0 Å². The van der Waals surface area contributed by atoms with Crippen LogP contribution in [0.4, 0.5) is 5.82 Å². The first-order chi connectivity index (χ1) is 7.31. The van der Waals surface area contributed by atoms with Crippen LogP contribution < -0.4 is 5.73 Å². The lowest BCUT2D eigenvalue weighted by molar-refractivity contribution is 0.0843. The molecule has 2 heterocycles. The molecule has 0 aromatic carbocycles. The van der Waals surface area contributed by atoms with E-state index in [4.69, 9.17) is 15.6 Å². The lowest BCUT2D eigenvalue weighted by Crippen LogP contribution is -2.15. The van der Waals surface area contributed by atoms with Crippen molar-refractivity contribution in [2.75, 3.05) is 25.6 Å². The maximum Gasteiger partial charge on any atom is 0.122 e. The molecule has 84 valence electrons. The largest absolute Gasteiger partial charge is 0.394 e. The first-order valence-electron chi connectivity index (χ1n) is 5.33. The number of anilines is 1. The van der Waals surface area contributed by atoms with Crippen molar-refractivity contribution in [3.05, 3.63) is 11.8 Å². The predicted molar refractivity (Wildman–Crippen MR) is 56.5 cm³/mol. The van der Waals surface area contributed by atoms with Gasteiger partial charge in [0.2, 0.25) is 0 Å². The van der Waals surface area contributed by atoms with E-state index in [1.807, 2.05) is 6.07 Å². The molecule has 0 atom stereocenters. The third-order valence-electron chi connectivity index (χ3n) is 2.78. The number of hydrogen-bond acceptors (Lipinski definition) is 4. The van der Waals surface area contributed by atoms with Crippen LogP contribution in [0.3, 0.4) is 0 Å². The molecule has 1 fully saturated rings. The third kappa shape index (κ3) is 2.30. The van der Waals surface area contributed by atoms with Gasteiger partial charge >= 0.3 is 0 Å². The molecule has 0 amide bonds. The van der Waals surface area contributed by atoms with Crippen molar-refractivity contribution in [1.82, 2.24) is 9.78 Å². The van der Waals surface area contributed by atoms with Gasteiger partial charge in [0.25, 0.3) is 0 Å². The molecular formula is C10H17N3O2. The average molecular weight is 211 g/mol. The number of hydrogen-bond donors (Lipinski definition) is 2. The molecule has 1 aromatic rings. The second-order valence-corrected chi connectivity index (χ2v) is 3.83. The van der Waals surface area contributed by atoms with Crippen LogP contribution in [-0.2, 0) is 11.3 Å². The van der Waals surface area contributed by atoms with Gasteiger partial charge in [-0.05, 0) is 12.8 Å². The normalized spacial score (nSPS) is 18.2. The zero-order valence-electron chi connectivity index (χ0n) is 8.72. The van der Waals surface area contributed by atoms with Crippen molar-refractivity contribution in [1.29, 1.82) is 0 Å². The lowest BCUT2D eigenvalue weighted by Gasteiger charge is -2.19. The van der Waals surface area contributed by atoms with Gasteiger partial charge in [-0.15, -0.1) is 0 Å². The summed E-state index contributed by atoms with van der Waals surface area (Å²) >= 11 is 0. The lowest BCUT2D eigenvalue weighted by atomic mass is 9.97. The number of nitrogen functional groups attached to an aromatic ring is 1. The standard InChI is InChI=1S/C10H17N3O2/c11-10-7-9(12-13(10)3-4-14)8-1-5-15-6-2-8/h7-8,14H,1-6,11H2. The molecule has 1 aliphatic heterocycles. The minimum atomic E-state index is 0.0685. The SMILES string of the molecule is Nc1cc(C2CCOCC2)nn1CCO. The highest BCUT2D eigenvalue weighted by molar-refractivity contribution is 5.32. The summed E-state index contributed by atoms with van der Waals surface area (Å²) in [6.07, 6.45) is 2.02. The Kier molecular flexibility index (Phi) is 3.23. The average Bonchev–Trinajstić information content (AvgIpc) is 2.63. The highest BCUT2D eigenvalue weighted by Crippen LogP contribution is 2.26. The first-order valence-corrected chi connectivity index (χ1v) is 5.33. The van der Waals surface area contributed by atoms with E-state index in [-0.39, 0.29) is 6.61 Å². The van der Waals surface area contributed by atoms with Crippen molar-refractivity contribution in [2.45, 2.75) is 25.3 Å². The van der Waals surface area contributed by atoms with Gasteiger partial charge in [0.15, 0.2) is 0 Å². The van der Waals surface area contributed by atoms with E-state index in [2.05, 4.69) is 5.10 Å². The van der Waals surface area contributed by atoms with E-state index in [1.54, 1.807) is 4.68 Å². The van der Waals surface area contributed by atoms with Crippen LogP contribution >= 0.6 is 0 Å². The molecule has 1 saturated heterocycles. The molecule has 3 N–H and O–H groups in total. The van der Waals surface area contributed by atoms with Crippen molar-refractivity contribution >= 4 is 5.82 Å². The van der Waals surface area contributed by atoms with Gasteiger partial charge < -0.3 is 15.6 Å². The molecule has 5 heteroatoms. The van der Waals surface area contributed by atoms with Crippen molar-refractivity contribution < 1.29 is 9.84 Å². The fraction of sp³-hybridized carbons (Fsp3) is 0.700. The van der Waals surface area contributed by atoms with Crippen LogP contribution in [0.25, 0.3) is 0 Å². The Morgan fingerprint density at radius 1 is 1.53 bits per heavy atom. The molecule has 0 bridgehead atoms. The summed E-state index contributed by atoms with van der Waals surface area (Å²) < 4.78 is 6.96. The fourth-order valence-electron chi connectivity index (χ4n) is 1.92. The van der Waals surface area contributed by atoms with Gasteiger partial charge in [-0.1, -0.05) is 0 Å². The minimum absolute atomic E-state index is 0.0685. The molecule has 0 spiro atoms. The summed E-state index contributed by atoms with van der Waals surface area (Å²) in [5.41, 5.74) is 6.82. The van der Waals surface area contributed by atoms with Crippen LogP contribution in [0.2, 0.25) is 0 Å². The molecule has 0 aliphatic carbocycles. The number of nitrogens with two attached hydrogens (primary N) is 1. The monoisotopic (exact) mass is 211 g/mol. The second kappa shape index (κ2) is 4.63. The maximum absolute atomic E-state index is 8.83. The Morgan fingerprint density at radius 2 is 2.27 bits per heavy atom. The fourth-order valence-corrected chi connectivity index (χ4v) is 1.92. The Hall–Kier alpha value is -1.07. The molecule has 0 unspecified atom stereocenters. The molecule has 1 aromatic heterocycles. The van der Waals surface area contributed by atoms with Crippen LogP contribution in [0.15, 0.2) is 6.07 Å². The van der Waals surface area contributed by atoms with Gasteiger partial charge in [0.1, 0.15) is 5.82 Å². The molecule has 1 aliphatic rings. The summed E-state index contributed by atoms with van der Waals surface area (Å²) in [6, 6.07) is 1.91. The summed E-state index contributed by atoms with van der Waals surface area (Å²) in [5.74, 6) is 1.09. The van der Waals surface area contributed by atoms with Crippen molar-refractivity contribution in [3.63, 3.8) is 0 Å². The Morgan fingerprint density at radius 3 is 2.93 bits per heavy atom. The molecule has 5 nitrogen and oxygen atoms in total. The van der Waals surface area contributed by atoms with Crippen LogP contribution in [0.5, 0.6) is 0 Å². The van der Waals surface area contributed by atoms with E-state index in [0.717, 1.165) is 31.7 Å².